The number of aryl methyl sites for hydroxylation is 1. The number of benzene rings is 2. The number of pyridine rings is 2. The summed E-state index contributed by atoms with van der Waals surface area (Å²) in [7, 11) is 1.42. The van der Waals surface area contributed by atoms with E-state index in [0.29, 0.717) is 41.5 Å². The zero-order chi connectivity index (χ0) is 36.0. The number of carbonyl (C=O) groups excluding carboxylic acids is 1. The Kier molecular flexibility index (Phi) is 10.8. The fourth-order valence-electron chi connectivity index (χ4n) is 7.09. The Hall–Kier alpha value is -5.24. The third kappa shape index (κ3) is 8.44. The van der Waals surface area contributed by atoms with Crippen LogP contribution in [0.4, 0.5) is 0 Å². The van der Waals surface area contributed by atoms with Crippen LogP contribution in [0.1, 0.15) is 131 Å². The van der Waals surface area contributed by atoms with Gasteiger partial charge in [-0.25, -0.2) is 9.59 Å². The molecule has 0 amide bonds. The first kappa shape index (κ1) is 35.2. The number of carbonyl (C=O) groups is 2. The molecule has 4 heterocycles. The highest BCUT2D eigenvalue weighted by molar-refractivity contribution is 5.91. The van der Waals surface area contributed by atoms with Crippen LogP contribution in [0.3, 0.4) is 0 Å². The predicted molar refractivity (Wildman–Crippen MR) is 205 cm³/mol. The van der Waals surface area contributed by atoms with Crippen molar-refractivity contribution in [1.29, 1.82) is 0 Å². The lowest BCUT2D eigenvalue weighted by Gasteiger charge is -2.09. The Morgan fingerprint density at radius 2 is 1.42 bits per heavy atom. The van der Waals surface area contributed by atoms with Gasteiger partial charge in [-0.1, -0.05) is 44.7 Å². The molecule has 0 saturated heterocycles. The lowest BCUT2D eigenvalue weighted by molar-refractivity contribution is 0.0598. The molecule has 2 fully saturated rings. The Balaban J connectivity index is 0.000000166. The van der Waals surface area contributed by atoms with Gasteiger partial charge in [-0.2, -0.15) is 0 Å². The van der Waals surface area contributed by atoms with Gasteiger partial charge < -0.3 is 19.4 Å². The Bertz CT molecular complexity index is 2190. The van der Waals surface area contributed by atoms with Gasteiger partial charge in [-0.3, -0.25) is 9.97 Å². The number of rotatable bonds is 14. The molecule has 8 heteroatoms. The molecule has 52 heavy (non-hydrogen) atoms. The number of methoxy groups -OCH3 is 1. The summed E-state index contributed by atoms with van der Waals surface area (Å²) in [6.45, 7) is 3.30. The van der Waals surface area contributed by atoms with E-state index in [9.17, 15) is 14.7 Å². The van der Waals surface area contributed by atoms with Crippen LogP contribution in [-0.4, -0.2) is 43.7 Å². The zero-order valence-electron chi connectivity index (χ0n) is 30.2. The first-order chi connectivity index (χ1) is 25.4. The fraction of sp³-hybridized carbons (Fsp3) is 0.364. The van der Waals surface area contributed by atoms with Crippen LogP contribution in [0.2, 0.25) is 0 Å². The number of ether oxygens (including phenoxy) is 1. The molecule has 2 aliphatic rings. The molecule has 0 atom stereocenters. The van der Waals surface area contributed by atoms with Gasteiger partial charge in [0.2, 0.25) is 0 Å². The molecule has 0 unspecified atom stereocenters. The van der Waals surface area contributed by atoms with Crippen LogP contribution in [0.25, 0.3) is 21.8 Å². The van der Waals surface area contributed by atoms with Gasteiger partial charge in [0.25, 0.3) is 0 Å². The van der Waals surface area contributed by atoms with Crippen molar-refractivity contribution in [3.8, 4) is 0 Å². The van der Waals surface area contributed by atoms with Crippen molar-refractivity contribution < 1.29 is 19.4 Å². The first-order valence-electron chi connectivity index (χ1n) is 18.8. The maximum Gasteiger partial charge on any atom is 0.339 e. The van der Waals surface area contributed by atoms with Crippen LogP contribution in [0.15, 0.2) is 85.5 Å². The second-order valence-corrected chi connectivity index (χ2v) is 14.4. The number of carboxylic acid groups (broad SMARTS) is 1. The average molecular weight is 697 g/mol. The number of carboxylic acids is 1. The van der Waals surface area contributed by atoms with E-state index in [1.165, 1.54) is 63.0 Å². The van der Waals surface area contributed by atoms with Gasteiger partial charge in [0.05, 0.1) is 29.6 Å². The number of fused-ring (bicyclic) bond motifs is 2. The number of aromatic carboxylic acids is 1. The molecule has 8 nitrogen and oxygen atoms in total. The van der Waals surface area contributed by atoms with Crippen LogP contribution in [0, 0.1) is 0 Å². The number of unbranched alkanes of at least 4 members (excludes halogenated alkanes) is 4. The van der Waals surface area contributed by atoms with E-state index >= 15 is 0 Å². The number of nitrogens with one attached hydrogen (secondary N) is 1. The van der Waals surface area contributed by atoms with Gasteiger partial charge in [0.15, 0.2) is 0 Å². The number of nitrogens with zero attached hydrogens (tertiary/aromatic N) is 3. The highest BCUT2D eigenvalue weighted by Crippen LogP contribution is 2.41. The molecule has 2 N–H and O–H groups in total. The lowest BCUT2D eigenvalue weighted by Crippen LogP contribution is -2.09. The molecule has 2 aromatic carbocycles. The smallest absolute Gasteiger partial charge is 0.339 e. The molecule has 2 saturated carbocycles. The Morgan fingerprint density at radius 1 is 0.788 bits per heavy atom. The van der Waals surface area contributed by atoms with Crippen molar-refractivity contribution in [3.63, 3.8) is 0 Å². The largest absolute Gasteiger partial charge is 0.478 e. The van der Waals surface area contributed by atoms with Crippen molar-refractivity contribution in [1.82, 2.24) is 19.5 Å². The van der Waals surface area contributed by atoms with Crippen LogP contribution >= 0.6 is 0 Å². The molecule has 0 aliphatic heterocycles. The third-order valence-electron chi connectivity index (χ3n) is 10.4. The summed E-state index contributed by atoms with van der Waals surface area (Å²) < 4.78 is 7.27. The quantitative estimate of drug-likeness (QED) is 0.0867. The molecule has 8 rings (SSSR count). The number of hydrogen-bond donors (Lipinski definition) is 2. The van der Waals surface area contributed by atoms with E-state index in [4.69, 9.17) is 4.74 Å². The summed E-state index contributed by atoms with van der Waals surface area (Å²) in [5, 5.41) is 12.0. The van der Waals surface area contributed by atoms with Gasteiger partial charge in [0, 0.05) is 55.2 Å². The summed E-state index contributed by atoms with van der Waals surface area (Å²) in [6, 6.07) is 20.7. The zero-order valence-corrected chi connectivity index (χ0v) is 30.2. The summed E-state index contributed by atoms with van der Waals surface area (Å²) in [4.78, 5) is 36.1. The molecular weight excluding hydrogens is 649 g/mol. The normalized spacial score (nSPS) is 14.0. The maximum absolute atomic E-state index is 12.1. The molecule has 2 aliphatic carbocycles. The molecule has 268 valence electrons. The Labute approximate surface area is 305 Å². The van der Waals surface area contributed by atoms with E-state index in [2.05, 4.69) is 75.1 Å². The van der Waals surface area contributed by atoms with Gasteiger partial charge in [-0.05, 0) is 125 Å². The number of H-pyrrole nitrogens is 1. The van der Waals surface area contributed by atoms with Crippen molar-refractivity contribution in [2.24, 2.45) is 0 Å². The maximum atomic E-state index is 12.1. The summed E-state index contributed by atoms with van der Waals surface area (Å²) in [5.74, 6) is -0.119. The van der Waals surface area contributed by atoms with Crippen LogP contribution in [-0.2, 0) is 24.1 Å². The van der Waals surface area contributed by atoms with Gasteiger partial charge in [-0.15, -0.1) is 0 Å². The summed E-state index contributed by atoms with van der Waals surface area (Å²) in [6.07, 6.45) is 20.1. The summed E-state index contributed by atoms with van der Waals surface area (Å²) in [5.41, 5.74) is 9.17. The molecule has 6 aromatic rings. The fourth-order valence-corrected chi connectivity index (χ4v) is 7.09. The minimum absolute atomic E-state index is 0.308. The second kappa shape index (κ2) is 16.0. The second-order valence-electron chi connectivity index (χ2n) is 14.4. The van der Waals surface area contributed by atoms with Crippen LogP contribution < -0.4 is 0 Å². The standard InChI is InChI=1S/C25H30N2O2.C19H18N2O2/c1-2-3-4-5-6-12-27-13-11-20-14-18(7-10-24(20)27)15-23-22(25(28)29)16-21(17-26-23)19-8-9-19;1-23-19(22)16-10-15(13-3-4-13)11-21-18(16)9-12-2-5-17-14(8-12)6-7-20-17/h7,10-11,13-14,16-17,19H,2-6,8-9,12,15H2,1H3,(H,28,29);2,5-8,10-11,13,20H,3-4,9H2,1H3. The third-order valence-corrected chi connectivity index (χ3v) is 10.4. The van der Waals surface area contributed by atoms with Gasteiger partial charge >= 0.3 is 11.9 Å². The van der Waals surface area contributed by atoms with Crippen molar-refractivity contribution in [2.45, 2.75) is 95.9 Å². The predicted octanol–water partition coefficient (Wildman–Crippen LogP) is 9.99. The van der Waals surface area contributed by atoms with Crippen LogP contribution in [0.5, 0.6) is 0 Å². The number of esters is 1. The molecule has 0 spiro atoms. The Morgan fingerprint density at radius 3 is 2.08 bits per heavy atom. The van der Waals surface area contributed by atoms with E-state index in [-0.39, 0.29) is 5.97 Å². The average Bonchev–Trinajstić information content (AvgIpc) is 4.10. The van der Waals surface area contributed by atoms with E-state index in [1.54, 1.807) is 0 Å². The molecule has 0 radical (unpaired) electrons. The number of aromatic nitrogens is 4. The number of hydrogen-bond acceptors (Lipinski definition) is 5. The van der Waals surface area contributed by atoms with Gasteiger partial charge in [0.1, 0.15) is 0 Å². The molecule has 0 bridgehead atoms. The highest BCUT2D eigenvalue weighted by atomic mass is 16.5. The minimum Gasteiger partial charge on any atom is -0.478 e. The topological polar surface area (TPSA) is 110 Å². The first-order valence-corrected chi connectivity index (χ1v) is 18.8. The van der Waals surface area contributed by atoms with E-state index in [1.807, 2.05) is 36.8 Å². The minimum atomic E-state index is -0.884. The lowest BCUT2D eigenvalue weighted by atomic mass is 10.0. The number of aromatic amines is 1. The van der Waals surface area contributed by atoms with Crippen molar-refractivity contribution >= 4 is 33.7 Å². The van der Waals surface area contributed by atoms with E-state index < -0.39 is 5.97 Å². The monoisotopic (exact) mass is 696 g/mol. The molecular formula is C44H48N4O4. The summed E-state index contributed by atoms with van der Waals surface area (Å²) >= 11 is 0. The van der Waals surface area contributed by atoms with E-state index in [0.717, 1.165) is 58.2 Å². The highest BCUT2D eigenvalue weighted by Gasteiger charge is 2.27. The van der Waals surface area contributed by atoms with Crippen molar-refractivity contribution in [2.75, 3.05) is 7.11 Å². The van der Waals surface area contributed by atoms with Crippen molar-refractivity contribution in [3.05, 3.63) is 130 Å². The SMILES string of the molecule is CCCCCCCn1ccc2cc(Cc3ncc(C4CC4)cc3C(=O)O)ccc21.COC(=O)c1cc(C2CC2)cnc1Cc1ccc2[nH]ccc2c1. The molecule has 4 aromatic heterocycles.